The molecule has 0 unspecified atom stereocenters. The van der Waals surface area contributed by atoms with Crippen LogP contribution in [0.25, 0.3) is 12.2 Å². The molecular formula is C23H23N3O4. The zero-order valence-electron chi connectivity index (χ0n) is 17.1. The fourth-order valence-corrected chi connectivity index (χ4v) is 2.87. The summed E-state index contributed by atoms with van der Waals surface area (Å²) in [5, 5.41) is 0.218. The van der Waals surface area contributed by atoms with Gasteiger partial charge in [-0.25, -0.2) is 0 Å². The lowest BCUT2D eigenvalue weighted by atomic mass is 10.2. The molecule has 0 atom stereocenters. The Bertz CT molecular complexity index is 1270. The smallest absolute Gasteiger partial charge is 0.275 e. The summed E-state index contributed by atoms with van der Waals surface area (Å²) in [6, 6.07) is 16.2. The van der Waals surface area contributed by atoms with Crippen molar-refractivity contribution in [1.29, 1.82) is 0 Å². The van der Waals surface area contributed by atoms with E-state index in [4.69, 9.17) is 4.74 Å². The van der Waals surface area contributed by atoms with Gasteiger partial charge in [-0.1, -0.05) is 42.5 Å². The topological polar surface area (TPSA) is 84.4 Å². The van der Waals surface area contributed by atoms with Crippen LogP contribution in [0.1, 0.15) is 11.1 Å². The second kappa shape index (κ2) is 9.09. The number of carbonyl (C=O) groups excluding carboxylic acids is 1. The minimum atomic E-state index is -0.459. The van der Waals surface area contributed by atoms with Gasteiger partial charge >= 0.3 is 0 Å². The van der Waals surface area contributed by atoms with Gasteiger partial charge in [0, 0.05) is 14.1 Å². The highest BCUT2D eigenvalue weighted by atomic mass is 16.5. The van der Waals surface area contributed by atoms with Gasteiger partial charge in [0.1, 0.15) is 23.0 Å². The van der Waals surface area contributed by atoms with Crippen LogP contribution in [0.15, 0.2) is 64.2 Å². The summed E-state index contributed by atoms with van der Waals surface area (Å²) in [6.45, 7) is -0.243. The Labute approximate surface area is 173 Å². The highest BCUT2D eigenvalue weighted by Gasteiger charge is 2.11. The van der Waals surface area contributed by atoms with E-state index in [1.54, 1.807) is 57.6 Å². The number of aromatic nitrogens is 2. The number of carbonyl (C=O) groups is 1. The van der Waals surface area contributed by atoms with Crippen LogP contribution in [0, 0.1) is 0 Å². The first kappa shape index (κ1) is 20.9. The second-order valence-corrected chi connectivity index (χ2v) is 6.91. The van der Waals surface area contributed by atoms with E-state index in [1.165, 1.54) is 9.47 Å². The molecule has 0 radical (unpaired) electrons. The lowest BCUT2D eigenvalue weighted by molar-refractivity contribution is -0.129. The summed E-state index contributed by atoms with van der Waals surface area (Å²) in [5.41, 5.74) is 0.557. The van der Waals surface area contributed by atoms with Gasteiger partial charge < -0.3 is 14.6 Å². The van der Waals surface area contributed by atoms with Crippen molar-refractivity contribution in [2.45, 2.75) is 6.54 Å². The van der Waals surface area contributed by atoms with Crippen molar-refractivity contribution in [3.63, 3.8) is 0 Å². The first-order valence-corrected chi connectivity index (χ1v) is 9.35. The zero-order chi connectivity index (χ0) is 21.7. The minimum Gasteiger partial charge on any atom is -0.497 e. The quantitative estimate of drug-likeness (QED) is 0.661. The van der Waals surface area contributed by atoms with E-state index in [2.05, 4.69) is 4.98 Å². The molecule has 2 aromatic carbocycles. The fourth-order valence-electron chi connectivity index (χ4n) is 2.87. The van der Waals surface area contributed by atoms with Crippen molar-refractivity contribution >= 4 is 18.1 Å². The molecule has 30 heavy (non-hydrogen) atoms. The molecular weight excluding hydrogens is 382 g/mol. The predicted octanol–water partition coefficient (Wildman–Crippen LogP) is 0.291. The molecule has 1 heterocycles. The third-order valence-electron chi connectivity index (χ3n) is 4.57. The number of rotatable bonds is 5. The Kier molecular flexibility index (Phi) is 6.32. The molecule has 1 aromatic heterocycles. The summed E-state index contributed by atoms with van der Waals surface area (Å²) in [5.74, 6) is 0.381. The minimum absolute atomic E-state index is 0.102. The summed E-state index contributed by atoms with van der Waals surface area (Å²) >= 11 is 0. The van der Waals surface area contributed by atoms with Gasteiger partial charge in [-0.15, -0.1) is 0 Å². The molecule has 7 heteroatoms. The lowest BCUT2D eigenvalue weighted by Gasteiger charge is -2.12. The van der Waals surface area contributed by atoms with E-state index in [9.17, 15) is 14.4 Å². The van der Waals surface area contributed by atoms with Crippen LogP contribution < -0.4 is 26.6 Å². The van der Waals surface area contributed by atoms with Crippen LogP contribution in [0.5, 0.6) is 5.75 Å². The Hall–Kier alpha value is -3.87. The van der Waals surface area contributed by atoms with Crippen molar-refractivity contribution < 1.29 is 9.53 Å². The fraction of sp³-hybridized carbons (Fsp3) is 0.174. The van der Waals surface area contributed by atoms with Crippen molar-refractivity contribution in [2.24, 2.45) is 0 Å². The number of nitrogens with zero attached hydrogens (tertiary/aromatic N) is 2. The number of ether oxygens (including phenoxy) is 1. The molecule has 0 aliphatic rings. The van der Waals surface area contributed by atoms with E-state index in [0.29, 0.717) is 11.3 Å². The number of aromatic amines is 1. The molecule has 0 fully saturated rings. The van der Waals surface area contributed by atoms with Crippen molar-refractivity contribution in [1.82, 2.24) is 14.5 Å². The number of benzene rings is 2. The average Bonchev–Trinajstić information content (AvgIpc) is 2.75. The lowest BCUT2D eigenvalue weighted by Crippen LogP contribution is -2.54. The van der Waals surface area contributed by atoms with Gasteiger partial charge in [-0.3, -0.25) is 19.0 Å². The van der Waals surface area contributed by atoms with E-state index in [0.717, 1.165) is 5.56 Å². The number of hydrogen-bond acceptors (Lipinski definition) is 4. The molecule has 3 rings (SSSR count). The number of likely N-dealkylation sites (N-methyl/N-ethyl adjacent to an activating group) is 1. The molecule has 0 spiro atoms. The highest BCUT2D eigenvalue weighted by Crippen LogP contribution is 2.11. The molecule has 154 valence electrons. The van der Waals surface area contributed by atoms with Gasteiger partial charge in [0.25, 0.3) is 11.1 Å². The van der Waals surface area contributed by atoms with Crippen molar-refractivity contribution in [2.75, 3.05) is 21.2 Å². The van der Waals surface area contributed by atoms with Gasteiger partial charge in [0.15, 0.2) is 0 Å². The number of hydrogen-bond donors (Lipinski definition) is 1. The van der Waals surface area contributed by atoms with Crippen LogP contribution in [-0.2, 0) is 11.3 Å². The molecule has 0 aliphatic carbocycles. The largest absolute Gasteiger partial charge is 0.497 e. The Morgan fingerprint density at radius 3 is 2.23 bits per heavy atom. The van der Waals surface area contributed by atoms with Crippen LogP contribution >= 0.6 is 0 Å². The van der Waals surface area contributed by atoms with Crippen LogP contribution in [-0.4, -0.2) is 41.6 Å². The third kappa shape index (κ3) is 4.75. The van der Waals surface area contributed by atoms with E-state index >= 15 is 0 Å². The molecule has 1 N–H and O–H groups in total. The van der Waals surface area contributed by atoms with Gasteiger partial charge in [-0.2, -0.15) is 0 Å². The maximum atomic E-state index is 13.1. The van der Waals surface area contributed by atoms with Gasteiger partial charge in [-0.05, 0) is 35.4 Å². The normalized spacial score (nSPS) is 12.1. The van der Waals surface area contributed by atoms with Crippen molar-refractivity contribution in [3.8, 4) is 5.75 Å². The van der Waals surface area contributed by atoms with Gasteiger partial charge in [0.2, 0.25) is 5.91 Å². The van der Waals surface area contributed by atoms with Crippen molar-refractivity contribution in [3.05, 3.63) is 97.1 Å². The number of H-pyrrole nitrogens is 1. The standard InChI is InChI=1S/C23H23N3O4/c1-25(2)21(27)15-26-20(14-17-9-11-18(30-3)12-10-17)22(28)24-19(23(26)29)13-16-7-5-4-6-8-16/h4-14H,15H2,1-3H3,(H,24,28). The summed E-state index contributed by atoms with van der Waals surface area (Å²) in [7, 11) is 4.77. The second-order valence-electron chi connectivity index (χ2n) is 6.91. The summed E-state index contributed by atoms with van der Waals surface area (Å²) < 4.78 is 6.35. The Morgan fingerprint density at radius 1 is 1.00 bits per heavy atom. The molecule has 3 aromatic rings. The predicted molar refractivity (Wildman–Crippen MR) is 116 cm³/mol. The van der Waals surface area contributed by atoms with Crippen LogP contribution in [0.4, 0.5) is 0 Å². The summed E-state index contributed by atoms with van der Waals surface area (Å²) in [4.78, 5) is 42.4. The Balaban J connectivity index is 2.25. The number of nitrogens with one attached hydrogen (secondary N) is 1. The number of methoxy groups -OCH3 is 1. The molecule has 0 aliphatic heterocycles. The molecule has 7 nitrogen and oxygen atoms in total. The summed E-state index contributed by atoms with van der Waals surface area (Å²) in [6.07, 6.45) is 3.17. The molecule has 0 saturated heterocycles. The highest BCUT2D eigenvalue weighted by molar-refractivity contribution is 5.75. The first-order chi connectivity index (χ1) is 14.4. The number of amides is 1. The first-order valence-electron chi connectivity index (χ1n) is 9.35. The monoisotopic (exact) mass is 405 g/mol. The van der Waals surface area contributed by atoms with E-state index in [1.807, 2.05) is 30.3 Å². The maximum absolute atomic E-state index is 13.1. The molecule has 0 bridgehead atoms. The van der Waals surface area contributed by atoms with Crippen LogP contribution in [0.2, 0.25) is 0 Å². The SMILES string of the molecule is COc1ccc(C=c2c(=O)[nH]c(=Cc3ccccc3)c(=O)n2CC(=O)N(C)C)cc1. The maximum Gasteiger partial charge on any atom is 0.275 e. The van der Waals surface area contributed by atoms with E-state index in [-0.39, 0.29) is 23.2 Å². The van der Waals surface area contributed by atoms with E-state index < -0.39 is 11.1 Å². The van der Waals surface area contributed by atoms with Gasteiger partial charge in [0.05, 0.1) is 7.11 Å². The molecule has 0 saturated carbocycles. The average molecular weight is 405 g/mol. The molecule has 1 amide bonds. The zero-order valence-corrected chi connectivity index (χ0v) is 17.1. The third-order valence-corrected chi connectivity index (χ3v) is 4.57. The van der Waals surface area contributed by atoms with Crippen LogP contribution in [0.3, 0.4) is 0 Å². The Morgan fingerprint density at radius 2 is 1.63 bits per heavy atom.